The number of para-hydroxylation sites is 1. The first-order valence-corrected chi connectivity index (χ1v) is 7.32. The molecule has 4 heteroatoms. The molecule has 2 aromatic rings. The van der Waals surface area contributed by atoms with Crippen LogP contribution < -0.4 is 10.2 Å². The van der Waals surface area contributed by atoms with Gasteiger partial charge in [-0.1, -0.05) is 30.3 Å². The van der Waals surface area contributed by atoms with Crippen LogP contribution in [0, 0.1) is 13.8 Å². The first-order valence-electron chi connectivity index (χ1n) is 7.32. The molecule has 1 heterocycles. The van der Waals surface area contributed by atoms with Crippen LogP contribution in [0.2, 0.25) is 0 Å². The van der Waals surface area contributed by atoms with Crippen LogP contribution >= 0.6 is 0 Å². The molecule has 1 fully saturated rings. The second-order valence-corrected chi connectivity index (χ2v) is 5.62. The molecular formula is C18H18N2O2. The maximum absolute atomic E-state index is 12.6. The summed E-state index contributed by atoms with van der Waals surface area (Å²) in [5.41, 5.74) is 3.71. The van der Waals surface area contributed by atoms with Gasteiger partial charge in [0.2, 0.25) is 5.91 Å². The molecule has 0 radical (unpaired) electrons. The van der Waals surface area contributed by atoms with Gasteiger partial charge < -0.3 is 5.32 Å². The molecule has 1 aliphatic rings. The molecule has 4 nitrogen and oxygen atoms in total. The number of carbonyl (C=O) groups is 2. The van der Waals surface area contributed by atoms with Gasteiger partial charge in [0.1, 0.15) is 6.04 Å². The Kier molecular flexibility index (Phi) is 3.67. The van der Waals surface area contributed by atoms with E-state index >= 15 is 0 Å². The highest BCUT2D eigenvalue weighted by Gasteiger charge is 2.39. The normalized spacial score (nSPS) is 17.9. The number of anilines is 2. The summed E-state index contributed by atoms with van der Waals surface area (Å²) in [6.07, 6.45) is 0.182. The highest BCUT2D eigenvalue weighted by molar-refractivity contribution is 6.23. The van der Waals surface area contributed by atoms with E-state index in [2.05, 4.69) is 5.32 Å². The van der Waals surface area contributed by atoms with Crippen LogP contribution in [0.4, 0.5) is 11.4 Å². The Morgan fingerprint density at radius 2 is 1.77 bits per heavy atom. The van der Waals surface area contributed by atoms with Gasteiger partial charge in [-0.3, -0.25) is 9.59 Å². The molecule has 112 valence electrons. The summed E-state index contributed by atoms with van der Waals surface area (Å²) in [6.45, 7) is 3.99. The predicted octanol–water partition coefficient (Wildman–Crippen LogP) is 3.05. The van der Waals surface area contributed by atoms with Crippen LogP contribution in [-0.2, 0) is 9.59 Å². The van der Waals surface area contributed by atoms with Crippen molar-refractivity contribution in [1.29, 1.82) is 0 Å². The fraction of sp³-hybridized carbons (Fsp3) is 0.222. The number of benzene rings is 2. The van der Waals surface area contributed by atoms with Gasteiger partial charge >= 0.3 is 0 Å². The zero-order valence-electron chi connectivity index (χ0n) is 12.7. The molecule has 2 amide bonds. The predicted molar refractivity (Wildman–Crippen MR) is 86.9 cm³/mol. The molecule has 1 aliphatic heterocycles. The number of nitrogens with zero attached hydrogens (tertiary/aromatic N) is 1. The summed E-state index contributed by atoms with van der Waals surface area (Å²) >= 11 is 0. The van der Waals surface area contributed by atoms with Gasteiger partial charge in [0.15, 0.2) is 0 Å². The molecule has 0 saturated carbocycles. The van der Waals surface area contributed by atoms with E-state index in [-0.39, 0.29) is 18.2 Å². The minimum atomic E-state index is -0.506. The van der Waals surface area contributed by atoms with E-state index in [1.54, 1.807) is 12.1 Å². The van der Waals surface area contributed by atoms with Crippen molar-refractivity contribution in [2.24, 2.45) is 0 Å². The maximum atomic E-state index is 12.6. The monoisotopic (exact) mass is 294 g/mol. The molecule has 0 unspecified atom stereocenters. The van der Waals surface area contributed by atoms with E-state index in [9.17, 15) is 9.59 Å². The fourth-order valence-corrected chi connectivity index (χ4v) is 2.67. The van der Waals surface area contributed by atoms with Gasteiger partial charge in [-0.25, -0.2) is 4.90 Å². The average molecular weight is 294 g/mol. The first-order chi connectivity index (χ1) is 10.6. The Balaban J connectivity index is 1.84. The van der Waals surface area contributed by atoms with Crippen LogP contribution in [0.3, 0.4) is 0 Å². The van der Waals surface area contributed by atoms with Crippen LogP contribution in [0.25, 0.3) is 0 Å². The van der Waals surface area contributed by atoms with Gasteiger partial charge in [0, 0.05) is 5.69 Å². The third-order valence-corrected chi connectivity index (χ3v) is 3.88. The second-order valence-electron chi connectivity index (χ2n) is 5.62. The van der Waals surface area contributed by atoms with Gasteiger partial charge in [-0.05, 0) is 43.2 Å². The summed E-state index contributed by atoms with van der Waals surface area (Å²) in [7, 11) is 0. The third-order valence-electron chi connectivity index (χ3n) is 3.88. The van der Waals surface area contributed by atoms with Gasteiger partial charge in [0.05, 0.1) is 12.1 Å². The molecule has 0 aliphatic carbocycles. The average Bonchev–Trinajstić information content (AvgIpc) is 2.78. The van der Waals surface area contributed by atoms with Crippen molar-refractivity contribution in [3.8, 4) is 0 Å². The number of amides is 2. The van der Waals surface area contributed by atoms with Crippen molar-refractivity contribution in [2.75, 3.05) is 10.2 Å². The smallest absolute Gasteiger partial charge is 0.256 e. The summed E-state index contributed by atoms with van der Waals surface area (Å²) in [6, 6.07) is 14.6. The van der Waals surface area contributed by atoms with E-state index in [0.717, 1.165) is 16.8 Å². The van der Waals surface area contributed by atoms with Crippen molar-refractivity contribution in [3.05, 3.63) is 59.7 Å². The molecule has 1 atom stereocenters. The Labute approximate surface area is 129 Å². The van der Waals surface area contributed by atoms with Crippen molar-refractivity contribution in [2.45, 2.75) is 26.3 Å². The summed E-state index contributed by atoms with van der Waals surface area (Å²) in [5.74, 6) is -0.365. The summed E-state index contributed by atoms with van der Waals surface area (Å²) < 4.78 is 0. The van der Waals surface area contributed by atoms with Gasteiger partial charge in [-0.2, -0.15) is 0 Å². The number of imide groups is 1. The van der Waals surface area contributed by atoms with Crippen molar-refractivity contribution >= 4 is 23.2 Å². The molecular weight excluding hydrogens is 276 g/mol. The van der Waals surface area contributed by atoms with Crippen LogP contribution in [-0.4, -0.2) is 17.9 Å². The molecule has 1 N–H and O–H groups in total. The summed E-state index contributed by atoms with van der Waals surface area (Å²) in [5, 5.41) is 3.22. The van der Waals surface area contributed by atoms with Crippen molar-refractivity contribution in [3.63, 3.8) is 0 Å². The Bertz CT molecular complexity index is 725. The van der Waals surface area contributed by atoms with Crippen LogP contribution in [0.5, 0.6) is 0 Å². The Hall–Kier alpha value is -2.62. The van der Waals surface area contributed by atoms with Gasteiger partial charge in [-0.15, -0.1) is 0 Å². The molecule has 3 rings (SSSR count). The lowest BCUT2D eigenvalue weighted by Crippen LogP contribution is -2.34. The van der Waals surface area contributed by atoms with Crippen molar-refractivity contribution < 1.29 is 9.59 Å². The van der Waals surface area contributed by atoms with Crippen LogP contribution in [0.15, 0.2) is 48.5 Å². The van der Waals surface area contributed by atoms with E-state index in [4.69, 9.17) is 0 Å². The number of aryl methyl sites for hydroxylation is 2. The standard InChI is InChI=1S/C18H18N2O2/c1-12-8-9-13(2)15(10-12)19-16-11-17(21)20(18(16)22)14-6-4-3-5-7-14/h3-10,16,19H,11H2,1-2H3/t16-/m0/s1. The number of carbonyl (C=O) groups excluding carboxylic acids is 2. The highest BCUT2D eigenvalue weighted by Crippen LogP contribution is 2.26. The number of rotatable bonds is 3. The Morgan fingerprint density at radius 3 is 2.50 bits per heavy atom. The highest BCUT2D eigenvalue weighted by atomic mass is 16.2. The lowest BCUT2D eigenvalue weighted by atomic mass is 10.1. The largest absolute Gasteiger partial charge is 0.373 e. The lowest BCUT2D eigenvalue weighted by molar-refractivity contribution is -0.121. The summed E-state index contributed by atoms with van der Waals surface area (Å²) in [4.78, 5) is 26.0. The number of hydrogen-bond donors (Lipinski definition) is 1. The number of nitrogens with one attached hydrogen (secondary N) is 1. The molecule has 2 aromatic carbocycles. The molecule has 0 spiro atoms. The minimum Gasteiger partial charge on any atom is -0.373 e. The Morgan fingerprint density at radius 1 is 1.05 bits per heavy atom. The molecule has 0 aromatic heterocycles. The topological polar surface area (TPSA) is 49.4 Å². The third kappa shape index (κ3) is 2.60. The quantitative estimate of drug-likeness (QED) is 0.885. The SMILES string of the molecule is Cc1ccc(C)c(N[C@H]2CC(=O)N(c3ccccc3)C2=O)c1. The molecule has 0 bridgehead atoms. The fourth-order valence-electron chi connectivity index (χ4n) is 2.67. The van der Waals surface area contributed by atoms with Crippen molar-refractivity contribution in [1.82, 2.24) is 0 Å². The maximum Gasteiger partial charge on any atom is 0.256 e. The van der Waals surface area contributed by atoms with E-state index in [1.807, 2.05) is 50.2 Å². The lowest BCUT2D eigenvalue weighted by Gasteiger charge is -2.17. The van der Waals surface area contributed by atoms with E-state index < -0.39 is 6.04 Å². The minimum absolute atomic E-state index is 0.168. The van der Waals surface area contributed by atoms with Crippen LogP contribution in [0.1, 0.15) is 17.5 Å². The van der Waals surface area contributed by atoms with Gasteiger partial charge in [0.25, 0.3) is 5.91 Å². The second kappa shape index (κ2) is 5.64. The zero-order chi connectivity index (χ0) is 15.7. The van der Waals surface area contributed by atoms with E-state index in [1.165, 1.54) is 4.90 Å². The number of hydrogen-bond acceptors (Lipinski definition) is 3. The van der Waals surface area contributed by atoms with E-state index in [0.29, 0.717) is 5.69 Å². The first kappa shape index (κ1) is 14.3. The molecule has 1 saturated heterocycles. The zero-order valence-corrected chi connectivity index (χ0v) is 12.7. The molecule has 22 heavy (non-hydrogen) atoms.